The fourth-order valence-corrected chi connectivity index (χ4v) is 4.07. The van der Waals surface area contributed by atoms with Crippen LogP contribution < -0.4 is 5.32 Å². The van der Waals surface area contributed by atoms with E-state index in [1.54, 1.807) is 6.20 Å². The number of nitrogens with zero attached hydrogens (tertiary/aromatic N) is 2. The molecule has 1 atom stereocenters. The highest BCUT2D eigenvalue weighted by Crippen LogP contribution is 2.25. The summed E-state index contributed by atoms with van der Waals surface area (Å²) in [6.07, 6.45) is 5.75. The Kier molecular flexibility index (Phi) is 5.58. The number of anilines is 1. The summed E-state index contributed by atoms with van der Waals surface area (Å²) >= 11 is 0. The monoisotopic (exact) mass is 385 g/mol. The average Bonchev–Trinajstić information content (AvgIpc) is 2.88. The molecule has 0 amide bonds. The van der Waals surface area contributed by atoms with Gasteiger partial charge in [0.25, 0.3) is 0 Å². The second-order valence-corrected chi connectivity index (χ2v) is 10.3. The molecule has 2 rings (SSSR count). The lowest BCUT2D eigenvalue weighted by molar-refractivity contribution is 0.495. The molecule has 1 unspecified atom stereocenters. The molecule has 0 aliphatic rings. The Morgan fingerprint density at radius 2 is 1.84 bits per heavy atom. The third-order valence-corrected chi connectivity index (χ3v) is 6.10. The minimum absolute atomic E-state index is 0.0126. The van der Waals surface area contributed by atoms with Crippen molar-refractivity contribution in [2.24, 2.45) is 5.92 Å². The van der Waals surface area contributed by atoms with Crippen LogP contribution in [0, 0.1) is 12.8 Å². The first-order chi connectivity index (χ1) is 11.5. The molecular formula is C16H23N3O4S2. The largest absolute Gasteiger partial charge is 0.384 e. The Bertz CT molecular complexity index is 963. The van der Waals surface area contributed by atoms with Crippen molar-refractivity contribution in [1.82, 2.24) is 9.55 Å². The third-order valence-electron chi connectivity index (χ3n) is 3.85. The number of nitrogens with one attached hydrogen (secondary N) is 1. The van der Waals surface area contributed by atoms with Crippen LogP contribution in [0.25, 0.3) is 0 Å². The van der Waals surface area contributed by atoms with Crippen molar-refractivity contribution in [3.63, 3.8) is 0 Å². The number of rotatable bonds is 7. The van der Waals surface area contributed by atoms with Gasteiger partial charge in [0.15, 0.2) is 19.7 Å². The van der Waals surface area contributed by atoms with E-state index < -0.39 is 19.7 Å². The molecule has 0 saturated heterocycles. The van der Waals surface area contributed by atoms with Crippen LogP contribution in [0.15, 0.2) is 40.4 Å². The van der Waals surface area contributed by atoms with E-state index in [2.05, 4.69) is 10.3 Å². The first kappa shape index (κ1) is 19.5. The number of hydrogen-bond donors (Lipinski definition) is 1. The molecule has 0 aliphatic heterocycles. The molecule has 0 radical (unpaired) electrons. The van der Waals surface area contributed by atoms with Crippen molar-refractivity contribution in [1.29, 1.82) is 0 Å². The zero-order valence-corrected chi connectivity index (χ0v) is 16.4. The van der Waals surface area contributed by atoms with E-state index in [4.69, 9.17) is 0 Å². The van der Waals surface area contributed by atoms with Gasteiger partial charge >= 0.3 is 0 Å². The van der Waals surface area contributed by atoms with Crippen molar-refractivity contribution in [2.45, 2.75) is 30.2 Å². The summed E-state index contributed by atoms with van der Waals surface area (Å²) in [6.45, 7) is 5.25. The molecular weight excluding hydrogens is 362 g/mol. The average molecular weight is 386 g/mol. The maximum Gasteiger partial charge on any atom is 0.177 e. The third kappa shape index (κ3) is 5.05. The highest BCUT2D eigenvalue weighted by atomic mass is 32.2. The summed E-state index contributed by atoms with van der Waals surface area (Å²) in [6, 6.07) is 4.12. The molecule has 138 valence electrons. The van der Waals surface area contributed by atoms with Crippen LogP contribution in [0.4, 0.5) is 5.69 Å². The molecule has 25 heavy (non-hydrogen) atoms. The molecule has 0 spiro atoms. The molecule has 7 nitrogen and oxygen atoms in total. The molecule has 1 N–H and O–H groups in total. The molecule has 1 aromatic carbocycles. The van der Waals surface area contributed by atoms with E-state index in [0.717, 1.165) is 24.9 Å². The fraction of sp³-hybridized carbons (Fsp3) is 0.438. The van der Waals surface area contributed by atoms with Crippen LogP contribution in [-0.2, 0) is 26.2 Å². The Balaban J connectivity index is 2.20. The van der Waals surface area contributed by atoms with Crippen molar-refractivity contribution < 1.29 is 16.8 Å². The molecule has 2 aromatic rings. The lowest BCUT2D eigenvalue weighted by Gasteiger charge is -2.17. The molecule has 1 heterocycles. The van der Waals surface area contributed by atoms with E-state index in [0.29, 0.717) is 12.2 Å². The Labute approximate surface area is 148 Å². The predicted octanol–water partition coefficient (Wildman–Crippen LogP) is 1.75. The lowest BCUT2D eigenvalue weighted by Crippen LogP contribution is -2.18. The Morgan fingerprint density at radius 3 is 2.36 bits per heavy atom. The summed E-state index contributed by atoms with van der Waals surface area (Å²) in [5.74, 6) is 1.14. The fourth-order valence-electron chi connectivity index (χ4n) is 2.47. The summed E-state index contributed by atoms with van der Waals surface area (Å²) in [5, 5.41) is 3.12. The van der Waals surface area contributed by atoms with Gasteiger partial charge < -0.3 is 9.88 Å². The van der Waals surface area contributed by atoms with E-state index in [9.17, 15) is 16.8 Å². The van der Waals surface area contributed by atoms with E-state index in [1.807, 2.05) is 24.6 Å². The van der Waals surface area contributed by atoms with Crippen LogP contribution in [-0.4, -0.2) is 45.4 Å². The number of sulfone groups is 2. The Hall–Kier alpha value is -1.87. The predicted molar refractivity (Wildman–Crippen MR) is 97.3 cm³/mol. The Morgan fingerprint density at radius 1 is 1.16 bits per heavy atom. The number of benzene rings is 1. The van der Waals surface area contributed by atoms with Gasteiger partial charge in [0, 0.05) is 38.0 Å². The molecule has 0 aliphatic carbocycles. The summed E-state index contributed by atoms with van der Waals surface area (Å²) in [4.78, 5) is 4.15. The second-order valence-electron chi connectivity index (χ2n) is 6.32. The van der Waals surface area contributed by atoms with Gasteiger partial charge in [-0.1, -0.05) is 6.92 Å². The topological polar surface area (TPSA) is 98.1 Å². The van der Waals surface area contributed by atoms with Gasteiger partial charge in [-0.3, -0.25) is 0 Å². The van der Waals surface area contributed by atoms with Crippen LogP contribution >= 0.6 is 0 Å². The maximum absolute atomic E-state index is 12.0. The van der Waals surface area contributed by atoms with Gasteiger partial charge in [-0.25, -0.2) is 21.8 Å². The van der Waals surface area contributed by atoms with E-state index in [-0.39, 0.29) is 15.7 Å². The first-order valence-electron chi connectivity index (χ1n) is 7.74. The standard InChI is InChI=1S/C16H23N3O4S2/c1-12(11-19-8-7-17-13(19)2)10-18-15-6-5-14(24(3,20)21)9-16(15)25(4,22)23/h5-9,12,18H,10-11H2,1-4H3. The highest BCUT2D eigenvalue weighted by Gasteiger charge is 2.18. The minimum Gasteiger partial charge on any atom is -0.384 e. The molecule has 1 aromatic heterocycles. The van der Waals surface area contributed by atoms with Gasteiger partial charge in [0.05, 0.1) is 15.5 Å². The van der Waals surface area contributed by atoms with Gasteiger partial charge in [-0.15, -0.1) is 0 Å². The van der Waals surface area contributed by atoms with Crippen molar-refractivity contribution >= 4 is 25.4 Å². The van der Waals surface area contributed by atoms with Crippen LogP contribution in [0.2, 0.25) is 0 Å². The molecule has 0 bridgehead atoms. The van der Waals surface area contributed by atoms with E-state index in [1.165, 1.54) is 18.2 Å². The molecule has 0 saturated carbocycles. The number of aryl methyl sites for hydroxylation is 1. The van der Waals surface area contributed by atoms with Crippen molar-refractivity contribution in [3.05, 3.63) is 36.4 Å². The SMILES string of the molecule is Cc1nccn1CC(C)CNc1ccc(S(C)(=O)=O)cc1S(C)(=O)=O. The van der Waals surface area contributed by atoms with E-state index >= 15 is 0 Å². The highest BCUT2D eigenvalue weighted by molar-refractivity contribution is 7.91. The minimum atomic E-state index is -3.56. The quantitative estimate of drug-likeness (QED) is 0.780. The summed E-state index contributed by atoms with van der Waals surface area (Å²) < 4.78 is 49.4. The summed E-state index contributed by atoms with van der Waals surface area (Å²) in [7, 11) is -7.04. The molecule has 9 heteroatoms. The zero-order valence-electron chi connectivity index (χ0n) is 14.7. The maximum atomic E-state index is 12.0. The van der Waals surface area contributed by atoms with Crippen LogP contribution in [0.5, 0.6) is 0 Å². The number of imidazole rings is 1. The number of aromatic nitrogens is 2. The van der Waals surface area contributed by atoms with Gasteiger partial charge in [0.1, 0.15) is 5.82 Å². The molecule has 0 fully saturated rings. The van der Waals surface area contributed by atoms with Crippen LogP contribution in [0.3, 0.4) is 0 Å². The second kappa shape index (κ2) is 7.17. The van der Waals surface area contributed by atoms with Crippen molar-refractivity contribution in [3.8, 4) is 0 Å². The zero-order chi connectivity index (χ0) is 18.8. The lowest BCUT2D eigenvalue weighted by atomic mass is 10.1. The van der Waals surface area contributed by atoms with Gasteiger partial charge in [0.2, 0.25) is 0 Å². The first-order valence-corrected chi connectivity index (χ1v) is 11.5. The van der Waals surface area contributed by atoms with Gasteiger partial charge in [-0.2, -0.15) is 0 Å². The summed E-state index contributed by atoms with van der Waals surface area (Å²) in [5.41, 5.74) is 0.407. The van der Waals surface area contributed by atoms with Crippen LogP contribution in [0.1, 0.15) is 12.7 Å². The smallest absolute Gasteiger partial charge is 0.177 e. The normalized spacial score (nSPS) is 13.6. The van der Waals surface area contributed by atoms with Gasteiger partial charge in [-0.05, 0) is 31.0 Å². The number of hydrogen-bond acceptors (Lipinski definition) is 6. The van der Waals surface area contributed by atoms with Crippen molar-refractivity contribution in [2.75, 3.05) is 24.4 Å².